The zero-order chi connectivity index (χ0) is 16.8. The van der Waals surface area contributed by atoms with E-state index in [1.165, 1.54) is 0 Å². The fraction of sp³-hybridized carbons (Fsp3) is 0.583. The summed E-state index contributed by atoms with van der Waals surface area (Å²) in [5, 5.41) is 16.8. The van der Waals surface area contributed by atoms with E-state index in [2.05, 4.69) is 25.3 Å². The standard InChI is InChI=1S/C12H20N6O4/c1-12(2,3)17-11-15-7-8(18(20)21)9(16-11)14-5-4-6-22-10(13)19/h7H,4-6H2,1-3H3,(H2,13,19)(H2,14,15,16,17). The van der Waals surface area contributed by atoms with Gasteiger partial charge in [-0.05, 0) is 27.2 Å². The smallest absolute Gasteiger partial charge is 0.404 e. The topological polar surface area (TPSA) is 145 Å². The van der Waals surface area contributed by atoms with Crippen LogP contribution in [-0.4, -0.2) is 39.7 Å². The van der Waals surface area contributed by atoms with Crippen molar-refractivity contribution in [3.8, 4) is 0 Å². The van der Waals surface area contributed by atoms with Crippen LogP contribution in [0.4, 0.5) is 22.2 Å². The first-order valence-electron chi connectivity index (χ1n) is 6.65. The van der Waals surface area contributed by atoms with Gasteiger partial charge < -0.3 is 21.1 Å². The van der Waals surface area contributed by atoms with Gasteiger partial charge in [-0.15, -0.1) is 0 Å². The third-order valence-electron chi connectivity index (χ3n) is 2.31. The first kappa shape index (κ1) is 17.4. The van der Waals surface area contributed by atoms with Gasteiger partial charge in [0.2, 0.25) is 11.8 Å². The molecule has 122 valence electrons. The number of anilines is 2. The molecule has 1 rings (SSSR count). The number of aromatic nitrogens is 2. The predicted molar refractivity (Wildman–Crippen MR) is 80.7 cm³/mol. The Morgan fingerprint density at radius 2 is 2.18 bits per heavy atom. The molecule has 0 saturated carbocycles. The van der Waals surface area contributed by atoms with E-state index in [0.29, 0.717) is 13.0 Å². The Morgan fingerprint density at radius 1 is 1.50 bits per heavy atom. The third kappa shape index (κ3) is 6.20. The molecule has 22 heavy (non-hydrogen) atoms. The summed E-state index contributed by atoms with van der Waals surface area (Å²) in [6.45, 7) is 6.22. The number of rotatable bonds is 7. The quantitative estimate of drug-likeness (QED) is 0.390. The van der Waals surface area contributed by atoms with Crippen LogP contribution >= 0.6 is 0 Å². The van der Waals surface area contributed by atoms with Gasteiger partial charge in [0.1, 0.15) is 6.20 Å². The lowest BCUT2D eigenvalue weighted by Gasteiger charge is -2.20. The Labute approximate surface area is 127 Å². The zero-order valence-corrected chi connectivity index (χ0v) is 12.8. The highest BCUT2D eigenvalue weighted by Gasteiger charge is 2.19. The number of hydrogen-bond donors (Lipinski definition) is 3. The first-order valence-corrected chi connectivity index (χ1v) is 6.65. The molecule has 0 bridgehead atoms. The van der Waals surface area contributed by atoms with Crippen LogP contribution in [-0.2, 0) is 4.74 Å². The Kier molecular flexibility index (Phi) is 5.84. The van der Waals surface area contributed by atoms with Crippen LogP contribution in [0.5, 0.6) is 0 Å². The molecule has 0 aromatic carbocycles. The van der Waals surface area contributed by atoms with Crippen LogP contribution in [0.2, 0.25) is 0 Å². The molecule has 0 atom stereocenters. The van der Waals surface area contributed by atoms with Gasteiger partial charge in [0.05, 0.1) is 11.5 Å². The van der Waals surface area contributed by atoms with Gasteiger partial charge in [0.15, 0.2) is 0 Å². The Hall–Kier alpha value is -2.65. The summed E-state index contributed by atoms with van der Waals surface area (Å²) < 4.78 is 4.57. The molecule has 1 amide bonds. The minimum Gasteiger partial charge on any atom is -0.450 e. The average Bonchev–Trinajstić information content (AvgIpc) is 2.35. The molecule has 10 nitrogen and oxygen atoms in total. The Bertz CT molecular complexity index is 543. The molecule has 1 heterocycles. The second-order valence-electron chi connectivity index (χ2n) is 5.51. The third-order valence-corrected chi connectivity index (χ3v) is 2.31. The summed E-state index contributed by atoms with van der Waals surface area (Å²) in [4.78, 5) is 28.9. The van der Waals surface area contributed by atoms with Crippen LogP contribution < -0.4 is 16.4 Å². The van der Waals surface area contributed by atoms with Crippen LogP contribution in [0.25, 0.3) is 0 Å². The zero-order valence-electron chi connectivity index (χ0n) is 12.8. The summed E-state index contributed by atoms with van der Waals surface area (Å²) in [6.07, 6.45) is 0.722. The largest absolute Gasteiger partial charge is 0.450 e. The number of ether oxygens (including phenoxy) is 1. The van der Waals surface area contributed by atoms with Gasteiger partial charge in [-0.25, -0.2) is 9.78 Å². The van der Waals surface area contributed by atoms with Crippen molar-refractivity contribution in [2.24, 2.45) is 5.73 Å². The lowest BCUT2D eigenvalue weighted by atomic mass is 10.1. The monoisotopic (exact) mass is 312 g/mol. The number of nitrogens with two attached hydrogens (primary N) is 1. The van der Waals surface area contributed by atoms with Gasteiger partial charge in [0.25, 0.3) is 0 Å². The van der Waals surface area contributed by atoms with E-state index in [9.17, 15) is 14.9 Å². The van der Waals surface area contributed by atoms with Crippen LogP contribution in [0.15, 0.2) is 6.20 Å². The molecule has 0 aliphatic rings. The molecular formula is C12H20N6O4. The Morgan fingerprint density at radius 3 is 2.73 bits per heavy atom. The lowest BCUT2D eigenvalue weighted by Crippen LogP contribution is -2.27. The maximum absolute atomic E-state index is 11.0. The van der Waals surface area contributed by atoms with Crippen molar-refractivity contribution >= 4 is 23.5 Å². The Balaban J connectivity index is 2.74. The second kappa shape index (κ2) is 7.38. The summed E-state index contributed by atoms with van der Waals surface area (Å²) in [6, 6.07) is 0. The summed E-state index contributed by atoms with van der Waals surface area (Å²) in [5.74, 6) is 0.389. The molecule has 0 unspecified atom stereocenters. The maximum atomic E-state index is 11.0. The fourth-order valence-corrected chi connectivity index (χ4v) is 1.49. The number of carbonyl (C=O) groups excluding carboxylic acids is 1. The van der Waals surface area contributed by atoms with Gasteiger partial charge in [-0.2, -0.15) is 4.98 Å². The van der Waals surface area contributed by atoms with Crippen LogP contribution in [0.1, 0.15) is 27.2 Å². The maximum Gasteiger partial charge on any atom is 0.404 e. The molecule has 4 N–H and O–H groups in total. The summed E-state index contributed by atoms with van der Waals surface area (Å²) in [7, 11) is 0. The minimum absolute atomic E-state index is 0.103. The number of hydrogen-bond acceptors (Lipinski definition) is 8. The fourth-order valence-electron chi connectivity index (χ4n) is 1.49. The highest BCUT2D eigenvalue weighted by molar-refractivity contribution is 5.64. The summed E-state index contributed by atoms with van der Waals surface area (Å²) >= 11 is 0. The van der Waals surface area contributed by atoms with Crippen molar-refractivity contribution in [3.63, 3.8) is 0 Å². The number of nitro groups is 1. The number of carbonyl (C=O) groups is 1. The molecule has 0 aliphatic heterocycles. The minimum atomic E-state index is -0.857. The highest BCUT2D eigenvalue weighted by atomic mass is 16.6. The molecule has 1 aromatic heterocycles. The average molecular weight is 312 g/mol. The van der Waals surface area contributed by atoms with Gasteiger partial charge in [-0.3, -0.25) is 10.1 Å². The lowest BCUT2D eigenvalue weighted by molar-refractivity contribution is -0.384. The first-order chi connectivity index (χ1) is 10.2. The van der Waals surface area contributed by atoms with E-state index < -0.39 is 11.0 Å². The van der Waals surface area contributed by atoms with E-state index >= 15 is 0 Å². The van der Waals surface area contributed by atoms with Gasteiger partial charge in [0, 0.05) is 12.1 Å². The van der Waals surface area contributed by atoms with Gasteiger partial charge >= 0.3 is 11.8 Å². The van der Waals surface area contributed by atoms with E-state index in [4.69, 9.17) is 5.73 Å². The van der Waals surface area contributed by atoms with E-state index in [1.54, 1.807) is 0 Å². The second-order valence-corrected chi connectivity index (χ2v) is 5.51. The molecule has 0 fully saturated rings. The highest BCUT2D eigenvalue weighted by Crippen LogP contribution is 2.23. The molecular weight excluding hydrogens is 292 g/mol. The van der Waals surface area contributed by atoms with E-state index in [0.717, 1.165) is 6.20 Å². The molecule has 0 saturated heterocycles. The van der Waals surface area contributed by atoms with Crippen molar-refractivity contribution in [2.75, 3.05) is 23.8 Å². The summed E-state index contributed by atoms with van der Waals surface area (Å²) in [5.41, 5.74) is 4.33. The normalized spacial score (nSPS) is 10.9. The van der Waals surface area contributed by atoms with Crippen LogP contribution in [0.3, 0.4) is 0 Å². The van der Waals surface area contributed by atoms with E-state index in [1.807, 2.05) is 20.8 Å². The van der Waals surface area contributed by atoms with E-state index in [-0.39, 0.29) is 29.6 Å². The van der Waals surface area contributed by atoms with Crippen LogP contribution in [0, 0.1) is 10.1 Å². The number of nitrogens with zero attached hydrogens (tertiary/aromatic N) is 3. The van der Waals surface area contributed by atoms with Gasteiger partial charge in [-0.1, -0.05) is 0 Å². The van der Waals surface area contributed by atoms with Crippen molar-refractivity contribution in [3.05, 3.63) is 16.3 Å². The number of amides is 1. The molecule has 1 aromatic rings. The molecule has 10 heteroatoms. The SMILES string of the molecule is CC(C)(C)Nc1ncc([N+](=O)[O-])c(NCCCOC(N)=O)n1. The molecule has 0 radical (unpaired) electrons. The van der Waals surface area contributed by atoms with Crippen molar-refractivity contribution < 1.29 is 14.5 Å². The van der Waals surface area contributed by atoms with Crippen molar-refractivity contribution in [1.29, 1.82) is 0 Å². The molecule has 0 aliphatic carbocycles. The molecule has 0 spiro atoms. The predicted octanol–water partition coefficient (Wildman–Crippen LogP) is 1.49. The van der Waals surface area contributed by atoms with Crippen molar-refractivity contribution in [1.82, 2.24) is 9.97 Å². The van der Waals surface area contributed by atoms with Crippen molar-refractivity contribution in [2.45, 2.75) is 32.7 Å². The number of primary amides is 1. The number of nitrogens with one attached hydrogen (secondary N) is 2.